The Morgan fingerprint density at radius 2 is 2.06 bits per heavy atom. The lowest BCUT2D eigenvalue weighted by Crippen LogP contribution is -2.14. The van der Waals surface area contributed by atoms with Crippen LogP contribution >= 0.6 is 23.1 Å². The van der Waals surface area contributed by atoms with Crippen LogP contribution in [0.15, 0.2) is 40.1 Å². The van der Waals surface area contributed by atoms with E-state index in [0.29, 0.717) is 11.3 Å². The SMILES string of the molecule is CCNCCCCn1c(Sc2cc3c(cc2-c2nccs2)OCO3)nc2c(N)ncnc21. The maximum Gasteiger partial charge on any atom is 0.231 e. The number of anilines is 1. The van der Waals surface area contributed by atoms with Gasteiger partial charge in [0.15, 0.2) is 33.6 Å². The average molecular weight is 470 g/mol. The van der Waals surface area contributed by atoms with Gasteiger partial charge >= 0.3 is 0 Å². The number of nitrogens with one attached hydrogen (secondary N) is 1. The monoisotopic (exact) mass is 469 g/mol. The van der Waals surface area contributed by atoms with Crippen molar-refractivity contribution in [2.45, 2.75) is 36.4 Å². The molecule has 4 heterocycles. The third-order valence-corrected chi connectivity index (χ3v) is 6.96. The third kappa shape index (κ3) is 4.10. The molecule has 0 bridgehead atoms. The Hall–Kier alpha value is -2.89. The fraction of sp³-hybridized carbons (Fsp3) is 0.333. The largest absolute Gasteiger partial charge is 0.454 e. The Balaban J connectivity index is 1.53. The van der Waals surface area contributed by atoms with Crippen LogP contribution in [-0.2, 0) is 6.54 Å². The van der Waals surface area contributed by atoms with E-state index in [1.165, 1.54) is 6.33 Å². The zero-order valence-electron chi connectivity index (χ0n) is 17.6. The molecule has 4 aromatic rings. The van der Waals surface area contributed by atoms with E-state index in [1.807, 2.05) is 17.5 Å². The van der Waals surface area contributed by atoms with E-state index >= 15 is 0 Å². The van der Waals surface area contributed by atoms with Crippen molar-refractivity contribution in [3.05, 3.63) is 30.0 Å². The normalized spacial score (nSPS) is 12.7. The molecule has 3 aromatic heterocycles. The first-order valence-corrected chi connectivity index (χ1v) is 12.1. The van der Waals surface area contributed by atoms with Gasteiger partial charge in [-0.15, -0.1) is 11.3 Å². The molecular formula is C21H23N7O2S2. The summed E-state index contributed by atoms with van der Waals surface area (Å²) in [4.78, 5) is 18.9. The molecule has 9 nitrogen and oxygen atoms in total. The predicted octanol–water partition coefficient (Wildman–Crippen LogP) is 3.80. The fourth-order valence-electron chi connectivity index (χ4n) is 3.54. The molecule has 0 saturated heterocycles. The van der Waals surface area contributed by atoms with Gasteiger partial charge in [0.1, 0.15) is 11.3 Å². The molecule has 1 aliphatic rings. The summed E-state index contributed by atoms with van der Waals surface area (Å²) in [5.41, 5.74) is 8.47. The minimum absolute atomic E-state index is 0.219. The van der Waals surface area contributed by atoms with Crippen LogP contribution in [0, 0.1) is 0 Å². The van der Waals surface area contributed by atoms with Gasteiger partial charge in [0.2, 0.25) is 6.79 Å². The van der Waals surface area contributed by atoms with Crippen LogP contribution < -0.4 is 20.5 Å². The van der Waals surface area contributed by atoms with Gasteiger partial charge < -0.3 is 25.1 Å². The van der Waals surface area contributed by atoms with E-state index in [4.69, 9.17) is 20.2 Å². The predicted molar refractivity (Wildman–Crippen MR) is 125 cm³/mol. The van der Waals surface area contributed by atoms with Crippen LogP contribution in [0.2, 0.25) is 0 Å². The molecular weight excluding hydrogens is 446 g/mol. The highest BCUT2D eigenvalue weighted by Crippen LogP contribution is 2.45. The standard InChI is InChI=1S/C21H23N7O2S2/c1-2-23-5-3-4-7-28-19-17(18(22)25-11-26-19)27-21(28)32-16-10-15-14(29-12-30-15)9-13(16)20-24-6-8-31-20/h6,8-11,23H,2-5,7,12H2,1H3,(H2,22,25,26). The summed E-state index contributed by atoms with van der Waals surface area (Å²) in [6.45, 7) is 5.08. The Labute approximate surface area is 193 Å². The van der Waals surface area contributed by atoms with E-state index in [1.54, 1.807) is 29.3 Å². The number of rotatable bonds is 9. The molecule has 166 valence electrons. The van der Waals surface area contributed by atoms with Gasteiger partial charge in [-0.3, -0.25) is 0 Å². The number of fused-ring (bicyclic) bond motifs is 2. The van der Waals surface area contributed by atoms with Crippen molar-refractivity contribution in [3.8, 4) is 22.1 Å². The Kier molecular flexibility index (Phi) is 6.10. The first kappa shape index (κ1) is 21.0. The average Bonchev–Trinajstić information content (AvgIpc) is 3.54. The van der Waals surface area contributed by atoms with E-state index < -0.39 is 0 Å². The Morgan fingerprint density at radius 1 is 1.19 bits per heavy atom. The number of aryl methyl sites for hydroxylation is 1. The van der Waals surface area contributed by atoms with Crippen molar-refractivity contribution in [2.75, 3.05) is 25.6 Å². The van der Waals surface area contributed by atoms with Crippen molar-refractivity contribution < 1.29 is 9.47 Å². The van der Waals surface area contributed by atoms with Gasteiger partial charge in [0.25, 0.3) is 0 Å². The number of ether oxygens (including phenoxy) is 2. The van der Waals surface area contributed by atoms with E-state index in [9.17, 15) is 0 Å². The summed E-state index contributed by atoms with van der Waals surface area (Å²) < 4.78 is 13.4. The number of nitrogens with zero attached hydrogens (tertiary/aromatic N) is 5. The second kappa shape index (κ2) is 9.31. The number of hydrogen-bond donors (Lipinski definition) is 2. The molecule has 0 saturated carbocycles. The lowest BCUT2D eigenvalue weighted by atomic mass is 10.2. The van der Waals surface area contributed by atoms with Crippen molar-refractivity contribution in [2.24, 2.45) is 0 Å². The van der Waals surface area contributed by atoms with Crippen LogP contribution in [0.3, 0.4) is 0 Å². The van der Waals surface area contributed by atoms with Gasteiger partial charge in [-0.1, -0.05) is 18.7 Å². The lowest BCUT2D eigenvalue weighted by Gasteiger charge is -2.11. The van der Waals surface area contributed by atoms with E-state index in [2.05, 4.69) is 31.8 Å². The van der Waals surface area contributed by atoms with Gasteiger partial charge in [-0.2, -0.15) is 0 Å². The second-order valence-corrected chi connectivity index (χ2v) is 9.08. The van der Waals surface area contributed by atoms with E-state index in [0.717, 1.165) is 70.2 Å². The summed E-state index contributed by atoms with van der Waals surface area (Å²) in [7, 11) is 0. The molecule has 3 N–H and O–H groups in total. The number of thiazole rings is 1. The quantitative estimate of drug-likeness (QED) is 0.353. The zero-order valence-corrected chi connectivity index (χ0v) is 19.2. The smallest absolute Gasteiger partial charge is 0.231 e. The number of aromatic nitrogens is 5. The van der Waals surface area contributed by atoms with Crippen LogP contribution in [0.1, 0.15) is 19.8 Å². The topological polar surface area (TPSA) is 113 Å². The van der Waals surface area contributed by atoms with Crippen molar-refractivity contribution >= 4 is 40.1 Å². The number of imidazole rings is 1. The minimum Gasteiger partial charge on any atom is -0.454 e. The molecule has 0 amide bonds. The summed E-state index contributed by atoms with van der Waals surface area (Å²) >= 11 is 3.13. The number of benzene rings is 1. The van der Waals surface area contributed by atoms with Crippen molar-refractivity contribution in [1.29, 1.82) is 0 Å². The van der Waals surface area contributed by atoms with Gasteiger partial charge in [-0.05, 0) is 38.1 Å². The van der Waals surface area contributed by atoms with Gasteiger partial charge in [0, 0.05) is 28.6 Å². The lowest BCUT2D eigenvalue weighted by molar-refractivity contribution is 0.174. The van der Waals surface area contributed by atoms with Crippen LogP contribution in [-0.4, -0.2) is 44.4 Å². The first-order chi connectivity index (χ1) is 15.7. The molecule has 0 radical (unpaired) electrons. The number of nitrogen functional groups attached to an aromatic ring is 1. The molecule has 0 atom stereocenters. The van der Waals surface area contributed by atoms with Gasteiger partial charge in [0.05, 0.1) is 0 Å². The van der Waals surface area contributed by atoms with E-state index in [-0.39, 0.29) is 6.79 Å². The maximum absolute atomic E-state index is 6.12. The Morgan fingerprint density at radius 3 is 2.88 bits per heavy atom. The van der Waals surface area contributed by atoms with Crippen molar-refractivity contribution in [1.82, 2.24) is 29.8 Å². The van der Waals surface area contributed by atoms with Crippen molar-refractivity contribution in [3.63, 3.8) is 0 Å². The highest BCUT2D eigenvalue weighted by Gasteiger charge is 2.23. The molecule has 0 spiro atoms. The third-order valence-electron chi connectivity index (χ3n) is 5.10. The number of hydrogen-bond acceptors (Lipinski definition) is 10. The fourth-order valence-corrected chi connectivity index (χ4v) is 5.33. The highest BCUT2D eigenvalue weighted by atomic mass is 32.2. The molecule has 32 heavy (non-hydrogen) atoms. The Bertz CT molecular complexity index is 1230. The first-order valence-electron chi connectivity index (χ1n) is 10.4. The molecule has 0 aliphatic carbocycles. The summed E-state index contributed by atoms with van der Waals surface area (Å²) in [6, 6.07) is 3.98. The molecule has 1 aromatic carbocycles. The van der Waals surface area contributed by atoms with Crippen LogP contribution in [0.4, 0.5) is 5.82 Å². The molecule has 5 rings (SSSR count). The minimum atomic E-state index is 0.219. The van der Waals surface area contributed by atoms with Crippen LogP contribution in [0.25, 0.3) is 21.7 Å². The summed E-state index contributed by atoms with van der Waals surface area (Å²) in [5.74, 6) is 1.83. The number of nitrogens with two attached hydrogens (primary N) is 1. The highest BCUT2D eigenvalue weighted by molar-refractivity contribution is 7.99. The summed E-state index contributed by atoms with van der Waals surface area (Å²) in [6.07, 6.45) is 5.35. The number of unbranched alkanes of at least 4 members (excludes halogenated alkanes) is 1. The molecule has 0 fully saturated rings. The molecule has 1 aliphatic heterocycles. The van der Waals surface area contributed by atoms with Gasteiger partial charge in [-0.25, -0.2) is 19.9 Å². The zero-order chi connectivity index (χ0) is 21.9. The summed E-state index contributed by atoms with van der Waals surface area (Å²) in [5, 5.41) is 7.06. The molecule has 11 heteroatoms. The van der Waals surface area contributed by atoms with Crippen LogP contribution in [0.5, 0.6) is 11.5 Å². The second-order valence-electron chi connectivity index (χ2n) is 7.18. The maximum atomic E-state index is 6.12. The molecule has 0 unspecified atom stereocenters.